The van der Waals surface area contributed by atoms with Gasteiger partial charge in [-0.2, -0.15) is 4.98 Å². The first kappa shape index (κ1) is 20.5. The maximum absolute atomic E-state index is 12.6. The first-order chi connectivity index (χ1) is 13.9. The van der Waals surface area contributed by atoms with E-state index >= 15 is 0 Å². The highest BCUT2D eigenvalue weighted by Gasteiger charge is 2.20. The van der Waals surface area contributed by atoms with Crippen molar-refractivity contribution in [3.05, 3.63) is 69.9 Å². The number of hydrogen-bond acceptors (Lipinski definition) is 6. The molecule has 0 bridgehead atoms. The maximum Gasteiger partial charge on any atom is 0.348 e. The van der Waals surface area contributed by atoms with Crippen molar-refractivity contribution < 1.29 is 14.3 Å². The quantitative estimate of drug-likeness (QED) is 0.628. The summed E-state index contributed by atoms with van der Waals surface area (Å²) in [5, 5.41) is 3.14. The molecule has 0 aliphatic carbocycles. The molecule has 0 radical (unpaired) electrons. The van der Waals surface area contributed by atoms with Crippen molar-refractivity contribution in [3.63, 3.8) is 0 Å². The summed E-state index contributed by atoms with van der Waals surface area (Å²) >= 11 is 1.28. The molecule has 1 aromatic carbocycles. The van der Waals surface area contributed by atoms with E-state index in [1.54, 1.807) is 32.9 Å². The summed E-state index contributed by atoms with van der Waals surface area (Å²) in [5.41, 5.74) is 1.96. The number of aromatic nitrogens is 2. The van der Waals surface area contributed by atoms with Crippen molar-refractivity contribution in [1.29, 1.82) is 0 Å². The third-order valence-corrected chi connectivity index (χ3v) is 5.29. The van der Waals surface area contributed by atoms with Crippen LogP contribution in [0.15, 0.2) is 47.3 Å². The minimum Gasteiger partial charge on any atom is -0.462 e. The molecule has 150 valence electrons. The van der Waals surface area contributed by atoms with Crippen molar-refractivity contribution in [2.45, 2.75) is 27.3 Å². The number of ether oxygens (including phenoxy) is 1. The van der Waals surface area contributed by atoms with Crippen LogP contribution in [0.2, 0.25) is 0 Å². The molecule has 8 heteroatoms. The Morgan fingerprint density at radius 3 is 2.55 bits per heavy atom. The summed E-state index contributed by atoms with van der Waals surface area (Å²) < 4.78 is 6.41. The van der Waals surface area contributed by atoms with Gasteiger partial charge in [-0.05, 0) is 38.5 Å². The molecule has 0 unspecified atom stereocenters. The van der Waals surface area contributed by atoms with Crippen LogP contribution in [0, 0.1) is 13.8 Å². The minimum absolute atomic E-state index is 0.196. The third kappa shape index (κ3) is 4.78. The number of thiophene rings is 1. The molecule has 3 aromatic rings. The molecule has 29 heavy (non-hydrogen) atoms. The Bertz CT molecular complexity index is 1100. The number of carbonyl (C=O) groups excluding carboxylic acids is 2. The standard InChI is InChI=1S/C21H21N3O4S/c1-4-28-20(26)16-11-17(15-8-6-5-7-9-15)29-19(16)23-18(25)12-24-14(3)10-13(2)22-21(24)27/h5-11H,4,12H2,1-3H3,(H,23,25). The summed E-state index contributed by atoms with van der Waals surface area (Å²) in [5.74, 6) is -0.931. The highest BCUT2D eigenvalue weighted by atomic mass is 32.1. The van der Waals surface area contributed by atoms with Gasteiger partial charge in [0.1, 0.15) is 11.5 Å². The molecule has 0 spiro atoms. The van der Waals surface area contributed by atoms with Crippen molar-refractivity contribution in [1.82, 2.24) is 9.55 Å². The van der Waals surface area contributed by atoms with Gasteiger partial charge in [-0.15, -0.1) is 11.3 Å². The molecule has 2 aromatic heterocycles. The number of aryl methyl sites for hydroxylation is 2. The van der Waals surface area contributed by atoms with E-state index < -0.39 is 17.6 Å². The highest BCUT2D eigenvalue weighted by molar-refractivity contribution is 7.20. The van der Waals surface area contributed by atoms with Gasteiger partial charge in [0.15, 0.2) is 0 Å². The molecule has 0 aliphatic heterocycles. The Labute approximate surface area is 172 Å². The molecule has 3 rings (SSSR count). The molecule has 0 saturated carbocycles. The zero-order chi connectivity index (χ0) is 21.0. The number of benzene rings is 1. The fraction of sp³-hybridized carbons (Fsp3) is 0.238. The lowest BCUT2D eigenvalue weighted by atomic mass is 10.1. The summed E-state index contributed by atoms with van der Waals surface area (Å²) in [4.78, 5) is 41.8. The summed E-state index contributed by atoms with van der Waals surface area (Å²) in [6.45, 7) is 5.22. The van der Waals surface area contributed by atoms with Crippen LogP contribution in [-0.2, 0) is 16.1 Å². The fourth-order valence-electron chi connectivity index (χ4n) is 2.87. The molecular weight excluding hydrogens is 390 g/mol. The highest BCUT2D eigenvalue weighted by Crippen LogP contribution is 2.35. The van der Waals surface area contributed by atoms with Crippen LogP contribution < -0.4 is 11.0 Å². The van der Waals surface area contributed by atoms with Crippen molar-refractivity contribution >= 4 is 28.2 Å². The van der Waals surface area contributed by atoms with Gasteiger partial charge in [-0.3, -0.25) is 9.36 Å². The Hall–Kier alpha value is -3.26. The number of rotatable bonds is 6. The Balaban J connectivity index is 1.89. The Morgan fingerprint density at radius 1 is 1.17 bits per heavy atom. The van der Waals surface area contributed by atoms with Crippen LogP contribution >= 0.6 is 11.3 Å². The second kappa shape index (κ2) is 8.83. The molecule has 0 aliphatic rings. The van der Waals surface area contributed by atoms with E-state index in [2.05, 4.69) is 10.3 Å². The Morgan fingerprint density at radius 2 is 1.90 bits per heavy atom. The van der Waals surface area contributed by atoms with Gasteiger partial charge in [0.25, 0.3) is 0 Å². The Kier molecular flexibility index (Phi) is 6.23. The number of esters is 1. The zero-order valence-electron chi connectivity index (χ0n) is 16.4. The van der Waals surface area contributed by atoms with Gasteiger partial charge < -0.3 is 10.1 Å². The average Bonchev–Trinajstić information content (AvgIpc) is 3.09. The first-order valence-electron chi connectivity index (χ1n) is 9.10. The fourth-order valence-corrected chi connectivity index (χ4v) is 3.93. The van der Waals surface area contributed by atoms with Crippen molar-refractivity contribution in [2.75, 3.05) is 11.9 Å². The van der Waals surface area contributed by atoms with Crippen LogP contribution in [-0.4, -0.2) is 28.0 Å². The van der Waals surface area contributed by atoms with Crippen LogP contribution in [0.3, 0.4) is 0 Å². The van der Waals surface area contributed by atoms with E-state index in [9.17, 15) is 14.4 Å². The third-order valence-electron chi connectivity index (χ3n) is 4.19. The van der Waals surface area contributed by atoms with Crippen molar-refractivity contribution in [3.8, 4) is 10.4 Å². The first-order valence-corrected chi connectivity index (χ1v) is 9.92. The van der Waals surface area contributed by atoms with E-state index in [1.807, 2.05) is 30.3 Å². The number of anilines is 1. The van der Waals surface area contributed by atoms with Gasteiger partial charge >= 0.3 is 11.7 Å². The average molecular weight is 411 g/mol. The molecule has 2 heterocycles. The second-order valence-corrected chi connectivity index (χ2v) is 7.45. The second-order valence-electron chi connectivity index (χ2n) is 6.40. The number of nitrogens with one attached hydrogen (secondary N) is 1. The van der Waals surface area contributed by atoms with Gasteiger partial charge in [0.2, 0.25) is 5.91 Å². The predicted octanol–water partition coefficient (Wildman–Crippen LogP) is 3.40. The lowest BCUT2D eigenvalue weighted by Gasteiger charge is -2.10. The van der Waals surface area contributed by atoms with Gasteiger partial charge in [-0.25, -0.2) is 9.59 Å². The molecule has 7 nitrogen and oxygen atoms in total. The number of amides is 1. The van der Waals surface area contributed by atoms with Gasteiger partial charge in [0.05, 0.1) is 12.2 Å². The molecular formula is C21H21N3O4S. The monoisotopic (exact) mass is 411 g/mol. The van der Waals surface area contributed by atoms with Crippen LogP contribution in [0.25, 0.3) is 10.4 Å². The molecule has 1 amide bonds. The van der Waals surface area contributed by atoms with Gasteiger partial charge in [0, 0.05) is 16.3 Å². The molecule has 1 N–H and O–H groups in total. The summed E-state index contributed by atoms with van der Waals surface area (Å²) in [7, 11) is 0. The van der Waals surface area contributed by atoms with E-state index in [0.29, 0.717) is 16.4 Å². The zero-order valence-corrected chi connectivity index (χ0v) is 17.2. The van der Waals surface area contributed by atoms with Gasteiger partial charge in [-0.1, -0.05) is 30.3 Å². The minimum atomic E-state index is -0.508. The smallest absolute Gasteiger partial charge is 0.348 e. The van der Waals surface area contributed by atoms with Crippen LogP contribution in [0.5, 0.6) is 0 Å². The van der Waals surface area contributed by atoms with E-state index in [0.717, 1.165) is 10.4 Å². The van der Waals surface area contributed by atoms with E-state index in [-0.39, 0.29) is 18.7 Å². The number of carbonyl (C=O) groups is 2. The lowest BCUT2D eigenvalue weighted by Crippen LogP contribution is -2.31. The van der Waals surface area contributed by atoms with Crippen LogP contribution in [0.4, 0.5) is 5.00 Å². The SMILES string of the molecule is CCOC(=O)c1cc(-c2ccccc2)sc1NC(=O)Cn1c(C)cc(C)nc1=O. The predicted molar refractivity (Wildman–Crippen MR) is 112 cm³/mol. The lowest BCUT2D eigenvalue weighted by molar-refractivity contribution is -0.116. The number of nitrogens with zero attached hydrogens (tertiary/aromatic N) is 2. The molecule has 0 atom stereocenters. The van der Waals surface area contributed by atoms with E-state index in [1.165, 1.54) is 15.9 Å². The summed E-state index contributed by atoms with van der Waals surface area (Å²) in [6, 6.07) is 13.0. The summed E-state index contributed by atoms with van der Waals surface area (Å²) in [6.07, 6.45) is 0. The maximum atomic E-state index is 12.6. The largest absolute Gasteiger partial charge is 0.462 e. The molecule has 0 saturated heterocycles. The normalized spacial score (nSPS) is 10.6. The molecule has 0 fully saturated rings. The van der Waals surface area contributed by atoms with Crippen LogP contribution in [0.1, 0.15) is 28.7 Å². The number of hydrogen-bond donors (Lipinski definition) is 1. The topological polar surface area (TPSA) is 90.3 Å². The van der Waals surface area contributed by atoms with Crippen molar-refractivity contribution in [2.24, 2.45) is 0 Å². The van der Waals surface area contributed by atoms with E-state index in [4.69, 9.17) is 4.74 Å².